The standard InChI is InChI=1S/C29H35N5O2/c1-5-23-16-22(11-12-31-23)27-20(4)24(17-30)29(32-28(27)21-9-10-21)33-13-14-34(25(18-33)19(2)3)26(36)8-6-7-15-35/h5-6,8,11-12,16,19,21,25,35H,1,7,9-10,13-15,18H2,2-4H3/b8-6+/t25-/m0/s1. The SMILES string of the molecule is C=Cc1cc(-c2c(C3CC3)nc(N3CCN(C(=O)/C=C/CCO)[C@H](C(C)C)C3)c(C#N)c2C)ccn1. The lowest BCUT2D eigenvalue weighted by atomic mass is 9.93. The molecule has 1 N–H and O–H groups in total. The smallest absolute Gasteiger partial charge is 0.246 e. The van der Waals surface area contributed by atoms with Gasteiger partial charge in [0.05, 0.1) is 23.0 Å². The molecule has 2 fully saturated rings. The van der Waals surface area contributed by atoms with Gasteiger partial charge in [0.15, 0.2) is 0 Å². The van der Waals surface area contributed by atoms with Crippen molar-refractivity contribution in [1.29, 1.82) is 5.26 Å². The van der Waals surface area contributed by atoms with Crippen molar-refractivity contribution in [2.24, 2.45) is 5.92 Å². The molecule has 1 amide bonds. The number of aliphatic hydroxyl groups excluding tert-OH is 1. The zero-order valence-corrected chi connectivity index (χ0v) is 21.4. The summed E-state index contributed by atoms with van der Waals surface area (Å²) in [6, 6.07) is 6.43. The molecule has 1 saturated heterocycles. The second kappa shape index (κ2) is 11.0. The Kier molecular flexibility index (Phi) is 7.85. The third-order valence-electron chi connectivity index (χ3n) is 7.14. The monoisotopic (exact) mass is 485 g/mol. The third kappa shape index (κ3) is 5.19. The number of anilines is 1. The van der Waals surface area contributed by atoms with E-state index in [-0.39, 0.29) is 24.5 Å². The Balaban J connectivity index is 1.72. The Labute approximate surface area is 213 Å². The van der Waals surface area contributed by atoms with Gasteiger partial charge < -0.3 is 14.9 Å². The van der Waals surface area contributed by atoms with Crippen molar-refractivity contribution in [3.05, 3.63) is 59.6 Å². The first-order valence-electron chi connectivity index (χ1n) is 12.8. The van der Waals surface area contributed by atoms with Crippen LogP contribution in [0.3, 0.4) is 0 Å². The highest BCUT2D eigenvalue weighted by Gasteiger charge is 2.36. The van der Waals surface area contributed by atoms with Gasteiger partial charge in [0.2, 0.25) is 5.91 Å². The number of carbonyl (C=O) groups excluding carboxylic acids is 1. The second-order valence-electron chi connectivity index (χ2n) is 9.96. The number of pyridine rings is 2. The van der Waals surface area contributed by atoms with Crippen LogP contribution in [0.25, 0.3) is 17.2 Å². The van der Waals surface area contributed by atoms with E-state index in [0.717, 1.165) is 46.7 Å². The van der Waals surface area contributed by atoms with E-state index in [4.69, 9.17) is 10.1 Å². The molecule has 0 bridgehead atoms. The van der Waals surface area contributed by atoms with Gasteiger partial charge >= 0.3 is 0 Å². The highest BCUT2D eigenvalue weighted by molar-refractivity contribution is 5.88. The molecule has 0 aromatic carbocycles. The van der Waals surface area contributed by atoms with E-state index in [1.165, 1.54) is 0 Å². The van der Waals surface area contributed by atoms with E-state index < -0.39 is 0 Å². The summed E-state index contributed by atoms with van der Waals surface area (Å²) in [5, 5.41) is 19.3. The summed E-state index contributed by atoms with van der Waals surface area (Å²) in [6.45, 7) is 11.9. The van der Waals surface area contributed by atoms with E-state index in [2.05, 4.69) is 36.4 Å². The van der Waals surface area contributed by atoms with Crippen LogP contribution in [0.2, 0.25) is 0 Å². The lowest BCUT2D eigenvalue weighted by molar-refractivity contribution is -0.129. The maximum absolute atomic E-state index is 12.9. The van der Waals surface area contributed by atoms with Gasteiger partial charge in [-0.25, -0.2) is 4.98 Å². The maximum atomic E-state index is 12.9. The molecule has 7 nitrogen and oxygen atoms in total. The molecule has 1 atom stereocenters. The fourth-order valence-electron chi connectivity index (χ4n) is 5.01. The molecule has 0 unspecified atom stereocenters. The number of nitriles is 1. The third-order valence-corrected chi connectivity index (χ3v) is 7.14. The van der Waals surface area contributed by atoms with Crippen LogP contribution in [0.1, 0.15) is 61.5 Å². The molecule has 1 saturated carbocycles. The Morgan fingerprint density at radius 3 is 2.78 bits per heavy atom. The molecular formula is C29H35N5O2. The normalized spacial score (nSPS) is 18.1. The Morgan fingerprint density at radius 1 is 1.36 bits per heavy atom. The number of rotatable bonds is 8. The molecule has 4 rings (SSSR count). The largest absolute Gasteiger partial charge is 0.396 e. The predicted molar refractivity (Wildman–Crippen MR) is 142 cm³/mol. The van der Waals surface area contributed by atoms with Crippen LogP contribution in [-0.4, -0.2) is 58.2 Å². The van der Waals surface area contributed by atoms with Gasteiger partial charge in [-0.3, -0.25) is 9.78 Å². The van der Waals surface area contributed by atoms with Crippen molar-refractivity contribution in [3.8, 4) is 17.2 Å². The molecule has 1 aliphatic heterocycles. The summed E-state index contributed by atoms with van der Waals surface area (Å²) in [7, 11) is 0. The van der Waals surface area contributed by atoms with Crippen LogP contribution in [-0.2, 0) is 4.79 Å². The van der Waals surface area contributed by atoms with Gasteiger partial charge in [-0.1, -0.05) is 26.5 Å². The lowest BCUT2D eigenvalue weighted by Crippen LogP contribution is -2.57. The van der Waals surface area contributed by atoms with Crippen molar-refractivity contribution in [3.63, 3.8) is 0 Å². The summed E-state index contributed by atoms with van der Waals surface area (Å²) in [5.41, 5.74) is 5.43. The summed E-state index contributed by atoms with van der Waals surface area (Å²) in [6.07, 6.45) is 9.46. The van der Waals surface area contributed by atoms with Crippen molar-refractivity contribution >= 4 is 17.8 Å². The van der Waals surface area contributed by atoms with Gasteiger partial charge in [0.1, 0.15) is 11.9 Å². The minimum absolute atomic E-state index is 0.00178. The number of hydrogen-bond acceptors (Lipinski definition) is 6. The maximum Gasteiger partial charge on any atom is 0.246 e. The molecule has 1 aliphatic carbocycles. The van der Waals surface area contributed by atoms with Gasteiger partial charge in [0, 0.05) is 43.9 Å². The number of aromatic nitrogens is 2. The number of aliphatic hydroxyl groups is 1. The van der Waals surface area contributed by atoms with E-state index in [9.17, 15) is 10.1 Å². The molecule has 188 valence electrons. The summed E-state index contributed by atoms with van der Waals surface area (Å²) in [4.78, 5) is 26.5. The number of hydrogen-bond donors (Lipinski definition) is 1. The summed E-state index contributed by atoms with van der Waals surface area (Å²) >= 11 is 0. The van der Waals surface area contributed by atoms with Gasteiger partial charge in [-0.05, 0) is 67.5 Å². The Morgan fingerprint density at radius 2 is 2.14 bits per heavy atom. The van der Waals surface area contributed by atoms with Crippen LogP contribution >= 0.6 is 0 Å². The minimum atomic E-state index is -0.0313. The Bertz CT molecular complexity index is 1210. The van der Waals surface area contributed by atoms with Crippen molar-refractivity contribution in [1.82, 2.24) is 14.9 Å². The molecular weight excluding hydrogens is 450 g/mol. The minimum Gasteiger partial charge on any atom is -0.396 e. The van der Waals surface area contributed by atoms with E-state index >= 15 is 0 Å². The van der Waals surface area contributed by atoms with Crippen LogP contribution in [0.15, 0.2) is 37.1 Å². The van der Waals surface area contributed by atoms with E-state index in [1.54, 1.807) is 24.4 Å². The molecule has 2 aliphatic rings. The van der Waals surface area contributed by atoms with Gasteiger partial charge in [-0.15, -0.1) is 0 Å². The lowest BCUT2D eigenvalue weighted by Gasteiger charge is -2.44. The molecule has 0 radical (unpaired) electrons. The quantitative estimate of drug-likeness (QED) is 0.555. The molecule has 2 aromatic heterocycles. The number of piperazine rings is 1. The summed E-state index contributed by atoms with van der Waals surface area (Å²) < 4.78 is 0. The topological polar surface area (TPSA) is 93.4 Å². The average molecular weight is 486 g/mol. The fourth-order valence-corrected chi connectivity index (χ4v) is 5.01. The fraction of sp³-hybridized carbons (Fsp3) is 0.448. The number of amides is 1. The molecule has 7 heteroatoms. The molecule has 3 heterocycles. The Hall–Kier alpha value is -3.50. The molecule has 0 spiro atoms. The zero-order chi connectivity index (χ0) is 25.8. The van der Waals surface area contributed by atoms with Crippen molar-refractivity contribution < 1.29 is 9.90 Å². The highest BCUT2D eigenvalue weighted by atomic mass is 16.2. The molecule has 2 aromatic rings. The van der Waals surface area contributed by atoms with Crippen molar-refractivity contribution in [2.75, 3.05) is 31.1 Å². The zero-order valence-electron chi connectivity index (χ0n) is 21.4. The predicted octanol–water partition coefficient (Wildman–Crippen LogP) is 4.46. The van der Waals surface area contributed by atoms with Crippen LogP contribution in [0.4, 0.5) is 5.82 Å². The van der Waals surface area contributed by atoms with Crippen LogP contribution in [0, 0.1) is 24.2 Å². The first-order chi connectivity index (χ1) is 17.4. The van der Waals surface area contributed by atoms with Gasteiger partial charge in [0.25, 0.3) is 0 Å². The summed E-state index contributed by atoms with van der Waals surface area (Å²) in [5.74, 6) is 1.33. The average Bonchev–Trinajstić information content (AvgIpc) is 3.73. The van der Waals surface area contributed by atoms with E-state index in [0.29, 0.717) is 37.5 Å². The molecule has 36 heavy (non-hydrogen) atoms. The van der Waals surface area contributed by atoms with Crippen molar-refractivity contribution in [2.45, 2.75) is 52.0 Å². The number of carbonyl (C=O) groups is 1. The van der Waals surface area contributed by atoms with E-state index in [1.807, 2.05) is 24.0 Å². The van der Waals surface area contributed by atoms with Crippen LogP contribution in [0.5, 0.6) is 0 Å². The van der Waals surface area contributed by atoms with Crippen LogP contribution < -0.4 is 4.90 Å². The van der Waals surface area contributed by atoms with Gasteiger partial charge in [-0.2, -0.15) is 5.26 Å². The number of nitrogens with zero attached hydrogens (tertiary/aromatic N) is 5. The first kappa shape index (κ1) is 25.6. The highest BCUT2D eigenvalue weighted by Crippen LogP contribution is 2.46. The second-order valence-corrected chi connectivity index (χ2v) is 9.96. The first-order valence-corrected chi connectivity index (χ1v) is 12.8.